The van der Waals surface area contributed by atoms with Crippen molar-refractivity contribution in [3.05, 3.63) is 53.9 Å². The number of para-hydroxylation sites is 1. The first-order valence-electron chi connectivity index (χ1n) is 6.21. The fourth-order valence-corrected chi connectivity index (χ4v) is 2.12. The number of rotatable bonds is 2. The van der Waals surface area contributed by atoms with Crippen LogP contribution in [0, 0.1) is 0 Å². The first-order valence-corrected chi connectivity index (χ1v) is 6.21. The molecule has 0 spiro atoms. The quantitative estimate of drug-likeness (QED) is 0.790. The van der Waals surface area contributed by atoms with Gasteiger partial charge in [-0.2, -0.15) is 18.3 Å². The minimum atomic E-state index is -4.47. The smallest absolute Gasteiger partial charge is 0.326 e. The molecule has 0 saturated carbocycles. The van der Waals surface area contributed by atoms with Crippen LogP contribution in [-0.2, 0) is 12.7 Å². The lowest BCUT2D eigenvalue weighted by molar-refractivity contribution is -0.141. The lowest BCUT2D eigenvalue weighted by atomic mass is 10.1. The van der Waals surface area contributed by atoms with Gasteiger partial charge in [0.15, 0.2) is 11.5 Å². The molecule has 3 aromatic rings. The molecule has 0 amide bonds. The molecule has 108 valence electrons. The summed E-state index contributed by atoms with van der Waals surface area (Å²) >= 11 is 0. The molecule has 21 heavy (non-hydrogen) atoms. The fourth-order valence-electron chi connectivity index (χ4n) is 2.12. The molecular weight excluding hydrogens is 281 g/mol. The Morgan fingerprint density at radius 2 is 1.90 bits per heavy atom. The summed E-state index contributed by atoms with van der Waals surface area (Å²) in [5.74, 6) is 0.310. The molecule has 0 fully saturated rings. The van der Waals surface area contributed by atoms with Gasteiger partial charge in [-0.25, -0.2) is 9.67 Å². The third kappa shape index (κ3) is 2.47. The van der Waals surface area contributed by atoms with Crippen LogP contribution in [-0.4, -0.2) is 14.8 Å². The van der Waals surface area contributed by atoms with E-state index in [1.165, 1.54) is 6.20 Å². The van der Waals surface area contributed by atoms with Gasteiger partial charge < -0.3 is 5.73 Å². The Kier molecular flexibility index (Phi) is 3.13. The normalized spacial score (nSPS) is 12.0. The summed E-state index contributed by atoms with van der Waals surface area (Å²) in [6, 6.07) is 9.89. The molecule has 1 aromatic carbocycles. The van der Waals surface area contributed by atoms with Gasteiger partial charge in [-0.3, -0.25) is 0 Å². The summed E-state index contributed by atoms with van der Waals surface area (Å²) < 4.78 is 38.9. The second-order valence-corrected chi connectivity index (χ2v) is 4.50. The largest absolute Gasteiger partial charge is 0.435 e. The average Bonchev–Trinajstić information content (AvgIpc) is 2.96. The second-order valence-electron chi connectivity index (χ2n) is 4.50. The predicted octanol–water partition coefficient (Wildman–Crippen LogP) is 2.90. The number of alkyl halides is 3. The van der Waals surface area contributed by atoms with E-state index >= 15 is 0 Å². The van der Waals surface area contributed by atoms with Crippen LogP contribution in [0.2, 0.25) is 0 Å². The Hall–Kier alpha value is -2.41. The first-order chi connectivity index (χ1) is 9.99. The van der Waals surface area contributed by atoms with Crippen molar-refractivity contribution in [2.45, 2.75) is 12.7 Å². The van der Waals surface area contributed by atoms with Crippen LogP contribution in [0.3, 0.4) is 0 Å². The summed E-state index contributed by atoms with van der Waals surface area (Å²) in [6.45, 7) is 0.267. The van der Waals surface area contributed by atoms with E-state index in [-0.39, 0.29) is 6.54 Å². The molecule has 0 saturated heterocycles. The number of nitrogens with zero attached hydrogens (tertiary/aromatic N) is 3. The van der Waals surface area contributed by atoms with Crippen LogP contribution >= 0.6 is 0 Å². The maximum atomic E-state index is 12.6. The molecule has 0 aliphatic carbocycles. The zero-order valence-electron chi connectivity index (χ0n) is 10.8. The van der Waals surface area contributed by atoms with Gasteiger partial charge in [0, 0.05) is 18.1 Å². The Balaban J connectivity index is 2.14. The molecule has 0 aliphatic rings. The van der Waals surface area contributed by atoms with Crippen LogP contribution in [0.5, 0.6) is 0 Å². The lowest BCUT2D eigenvalue weighted by Crippen LogP contribution is -2.08. The fraction of sp³-hybridized carbons (Fsp3) is 0.143. The minimum absolute atomic E-state index is 0.267. The zero-order chi connectivity index (χ0) is 15.0. The topological polar surface area (TPSA) is 56.7 Å². The SMILES string of the molecule is NCc1cc(-n2ccc(C(F)(F)F)n2)nc2ccccc12. The standard InChI is InChI=1S/C14H11F3N4/c15-14(16,17)12-5-6-21(20-12)13-7-9(8-18)10-3-1-2-4-11(10)19-13/h1-7H,8,18H2. The van der Waals surface area contributed by atoms with Crippen LogP contribution in [0.25, 0.3) is 16.7 Å². The Morgan fingerprint density at radius 1 is 1.14 bits per heavy atom. The van der Waals surface area contributed by atoms with E-state index in [4.69, 9.17) is 5.73 Å². The molecule has 0 aliphatic heterocycles. The molecule has 0 bridgehead atoms. The van der Waals surface area contributed by atoms with Gasteiger partial charge in [-0.05, 0) is 23.8 Å². The van der Waals surface area contributed by atoms with Gasteiger partial charge in [0.1, 0.15) is 0 Å². The van der Waals surface area contributed by atoms with Crippen molar-refractivity contribution in [3.8, 4) is 5.82 Å². The van der Waals surface area contributed by atoms with Crippen LogP contribution in [0.15, 0.2) is 42.6 Å². The lowest BCUT2D eigenvalue weighted by Gasteiger charge is -2.08. The van der Waals surface area contributed by atoms with Crippen molar-refractivity contribution in [2.75, 3.05) is 0 Å². The monoisotopic (exact) mass is 292 g/mol. The Labute approximate surface area is 118 Å². The number of hydrogen-bond donors (Lipinski definition) is 1. The number of hydrogen-bond acceptors (Lipinski definition) is 3. The third-order valence-corrected chi connectivity index (χ3v) is 3.12. The van der Waals surface area contributed by atoms with Crippen LogP contribution in [0.1, 0.15) is 11.3 Å². The van der Waals surface area contributed by atoms with Gasteiger partial charge in [0.2, 0.25) is 0 Å². The number of aromatic nitrogens is 3. The second kappa shape index (κ2) is 4.85. The zero-order valence-corrected chi connectivity index (χ0v) is 10.8. The number of benzene rings is 1. The molecule has 3 rings (SSSR count). The number of fused-ring (bicyclic) bond motifs is 1. The van der Waals surface area contributed by atoms with Gasteiger partial charge in [0.25, 0.3) is 0 Å². The van der Waals surface area contributed by atoms with E-state index < -0.39 is 11.9 Å². The van der Waals surface area contributed by atoms with Crippen LogP contribution < -0.4 is 5.73 Å². The summed E-state index contributed by atoms with van der Waals surface area (Å²) in [7, 11) is 0. The van der Waals surface area contributed by atoms with Crippen molar-refractivity contribution < 1.29 is 13.2 Å². The van der Waals surface area contributed by atoms with E-state index in [2.05, 4.69) is 10.1 Å². The summed E-state index contributed by atoms with van der Waals surface area (Å²) in [5, 5.41) is 4.40. The highest BCUT2D eigenvalue weighted by atomic mass is 19.4. The van der Waals surface area contributed by atoms with E-state index in [1.54, 1.807) is 12.1 Å². The number of pyridine rings is 1. The number of nitrogens with two attached hydrogens (primary N) is 1. The maximum Gasteiger partial charge on any atom is 0.435 e. The van der Waals surface area contributed by atoms with Gasteiger partial charge >= 0.3 is 6.18 Å². The highest BCUT2D eigenvalue weighted by Gasteiger charge is 2.33. The van der Waals surface area contributed by atoms with Crippen molar-refractivity contribution in [1.82, 2.24) is 14.8 Å². The van der Waals surface area contributed by atoms with Crippen molar-refractivity contribution in [1.29, 1.82) is 0 Å². The van der Waals surface area contributed by atoms with E-state index in [9.17, 15) is 13.2 Å². The average molecular weight is 292 g/mol. The number of halogens is 3. The predicted molar refractivity (Wildman–Crippen MR) is 71.8 cm³/mol. The molecule has 2 aromatic heterocycles. The molecule has 0 radical (unpaired) electrons. The van der Waals surface area contributed by atoms with Gasteiger partial charge in [0.05, 0.1) is 5.52 Å². The van der Waals surface area contributed by atoms with Crippen molar-refractivity contribution in [3.63, 3.8) is 0 Å². The van der Waals surface area contributed by atoms with E-state index in [1.807, 2.05) is 18.2 Å². The molecule has 0 atom stereocenters. The van der Waals surface area contributed by atoms with Crippen molar-refractivity contribution >= 4 is 10.9 Å². The Bertz CT molecular complexity index is 792. The molecular formula is C14H11F3N4. The molecule has 2 heterocycles. The van der Waals surface area contributed by atoms with Gasteiger partial charge in [-0.1, -0.05) is 18.2 Å². The maximum absolute atomic E-state index is 12.6. The van der Waals surface area contributed by atoms with E-state index in [0.29, 0.717) is 11.3 Å². The summed E-state index contributed by atoms with van der Waals surface area (Å²) in [4.78, 5) is 4.33. The molecule has 0 unspecified atom stereocenters. The highest BCUT2D eigenvalue weighted by Crippen LogP contribution is 2.28. The van der Waals surface area contributed by atoms with Gasteiger partial charge in [-0.15, -0.1) is 0 Å². The van der Waals surface area contributed by atoms with E-state index in [0.717, 1.165) is 21.7 Å². The Morgan fingerprint density at radius 3 is 2.57 bits per heavy atom. The third-order valence-electron chi connectivity index (χ3n) is 3.12. The van der Waals surface area contributed by atoms with Crippen LogP contribution in [0.4, 0.5) is 13.2 Å². The first kappa shape index (κ1) is 13.6. The molecule has 2 N–H and O–H groups in total. The molecule has 4 nitrogen and oxygen atoms in total. The minimum Gasteiger partial charge on any atom is -0.326 e. The summed E-state index contributed by atoms with van der Waals surface area (Å²) in [6.07, 6.45) is -3.24. The van der Waals surface area contributed by atoms with Crippen molar-refractivity contribution in [2.24, 2.45) is 5.73 Å². The molecule has 7 heteroatoms. The summed E-state index contributed by atoms with van der Waals surface area (Å²) in [5.41, 5.74) is 6.22. The highest BCUT2D eigenvalue weighted by molar-refractivity contribution is 5.83.